The van der Waals surface area contributed by atoms with E-state index in [1.54, 1.807) is 29.7 Å². The molecule has 2 heterocycles. The predicted octanol–water partition coefficient (Wildman–Crippen LogP) is 1.40. The predicted molar refractivity (Wildman–Crippen MR) is 71.5 cm³/mol. The van der Waals surface area contributed by atoms with E-state index in [0.29, 0.717) is 12.1 Å². The Morgan fingerprint density at radius 2 is 2.39 bits per heavy atom. The number of hydrogen-bond donors (Lipinski definition) is 2. The van der Waals surface area contributed by atoms with Crippen molar-refractivity contribution in [1.82, 2.24) is 15.3 Å². The Morgan fingerprint density at radius 3 is 3.06 bits per heavy atom. The van der Waals surface area contributed by atoms with E-state index in [9.17, 15) is 4.79 Å². The van der Waals surface area contributed by atoms with Crippen molar-refractivity contribution < 1.29 is 4.79 Å². The van der Waals surface area contributed by atoms with Crippen LogP contribution in [0.4, 0.5) is 5.82 Å². The second-order valence-electron chi connectivity index (χ2n) is 3.82. The number of nitrogen functional groups attached to an aromatic ring is 1. The van der Waals surface area contributed by atoms with Crippen LogP contribution in [-0.2, 0) is 6.42 Å². The molecular weight excluding hydrogens is 248 g/mol. The van der Waals surface area contributed by atoms with Crippen molar-refractivity contribution in [2.24, 2.45) is 0 Å². The molecule has 94 valence electrons. The van der Waals surface area contributed by atoms with Crippen molar-refractivity contribution in [3.05, 3.63) is 40.0 Å². The quantitative estimate of drug-likeness (QED) is 0.872. The standard InChI is InChI=1S/C12H14N4OS/c1-8-7-18-10(16-8)4-6-15-12(17)9-3-2-5-14-11(9)13/h2-3,5,7H,4,6H2,1H3,(H2,13,14)(H,15,17). The number of carbonyl (C=O) groups is 1. The lowest BCUT2D eigenvalue weighted by Crippen LogP contribution is -2.26. The Balaban J connectivity index is 1.87. The molecular formula is C12H14N4OS. The summed E-state index contributed by atoms with van der Waals surface area (Å²) < 4.78 is 0. The first-order chi connectivity index (χ1) is 8.66. The number of hydrogen-bond acceptors (Lipinski definition) is 5. The maximum Gasteiger partial charge on any atom is 0.255 e. The highest BCUT2D eigenvalue weighted by Gasteiger charge is 2.09. The lowest BCUT2D eigenvalue weighted by Gasteiger charge is -2.05. The Kier molecular flexibility index (Phi) is 3.88. The summed E-state index contributed by atoms with van der Waals surface area (Å²) in [5, 5.41) is 5.82. The number of rotatable bonds is 4. The summed E-state index contributed by atoms with van der Waals surface area (Å²) >= 11 is 1.60. The van der Waals surface area contributed by atoms with Gasteiger partial charge in [-0.05, 0) is 19.1 Å². The molecule has 2 rings (SSSR count). The van der Waals surface area contributed by atoms with Crippen LogP contribution in [0.1, 0.15) is 21.1 Å². The summed E-state index contributed by atoms with van der Waals surface area (Å²) in [7, 11) is 0. The van der Waals surface area contributed by atoms with Gasteiger partial charge in [0, 0.05) is 30.2 Å². The molecule has 0 unspecified atom stereocenters. The minimum Gasteiger partial charge on any atom is -0.383 e. The topological polar surface area (TPSA) is 80.9 Å². The van der Waals surface area contributed by atoms with Gasteiger partial charge in [0.15, 0.2) is 0 Å². The molecule has 0 saturated carbocycles. The second-order valence-corrected chi connectivity index (χ2v) is 4.77. The molecule has 3 N–H and O–H groups in total. The molecule has 0 radical (unpaired) electrons. The summed E-state index contributed by atoms with van der Waals surface area (Å²) in [5.41, 5.74) is 7.05. The van der Waals surface area contributed by atoms with Gasteiger partial charge in [0.1, 0.15) is 5.82 Å². The van der Waals surface area contributed by atoms with Gasteiger partial charge in [-0.25, -0.2) is 9.97 Å². The normalized spacial score (nSPS) is 10.3. The van der Waals surface area contributed by atoms with Crippen molar-refractivity contribution in [3.8, 4) is 0 Å². The number of amides is 1. The molecule has 0 bridgehead atoms. The third kappa shape index (κ3) is 3.04. The van der Waals surface area contributed by atoms with Gasteiger partial charge in [0.05, 0.1) is 10.6 Å². The molecule has 0 aliphatic heterocycles. The van der Waals surface area contributed by atoms with Crippen LogP contribution < -0.4 is 11.1 Å². The van der Waals surface area contributed by atoms with Crippen LogP contribution >= 0.6 is 11.3 Å². The number of nitrogens with zero attached hydrogens (tertiary/aromatic N) is 2. The lowest BCUT2D eigenvalue weighted by atomic mass is 10.2. The summed E-state index contributed by atoms with van der Waals surface area (Å²) in [6.45, 7) is 2.50. The van der Waals surface area contributed by atoms with Crippen LogP contribution in [0.2, 0.25) is 0 Å². The lowest BCUT2D eigenvalue weighted by molar-refractivity contribution is 0.0955. The van der Waals surface area contributed by atoms with Crippen molar-refractivity contribution in [2.45, 2.75) is 13.3 Å². The van der Waals surface area contributed by atoms with E-state index in [4.69, 9.17) is 5.73 Å². The fourth-order valence-electron chi connectivity index (χ4n) is 1.51. The largest absolute Gasteiger partial charge is 0.383 e. The van der Waals surface area contributed by atoms with Gasteiger partial charge < -0.3 is 11.1 Å². The van der Waals surface area contributed by atoms with Gasteiger partial charge in [-0.1, -0.05) is 0 Å². The number of carbonyl (C=O) groups excluding carboxylic acids is 1. The average molecular weight is 262 g/mol. The van der Waals surface area contributed by atoms with Gasteiger partial charge in [-0.2, -0.15) is 0 Å². The fourth-order valence-corrected chi connectivity index (χ4v) is 2.28. The highest BCUT2D eigenvalue weighted by Crippen LogP contribution is 2.09. The van der Waals surface area contributed by atoms with Gasteiger partial charge in [0.25, 0.3) is 5.91 Å². The Morgan fingerprint density at radius 1 is 1.56 bits per heavy atom. The van der Waals surface area contributed by atoms with Crippen LogP contribution in [0, 0.1) is 6.92 Å². The van der Waals surface area contributed by atoms with E-state index in [1.165, 1.54) is 0 Å². The van der Waals surface area contributed by atoms with E-state index >= 15 is 0 Å². The number of nitrogens with one attached hydrogen (secondary N) is 1. The molecule has 0 saturated heterocycles. The first kappa shape index (κ1) is 12.5. The zero-order valence-electron chi connectivity index (χ0n) is 10.0. The SMILES string of the molecule is Cc1csc(CCNC(=O)c2cccnc2N)n1. The van der Waals surface area contributed by atoms with Gasteiger partial charge in [-0.15, -0.1) is 11.3 Å². The van der Waals surface area contributed by atoms with Crippen LogP contribution in [-0.4, -0.2) is 22.4 Å². The van der Waals surface area contributed by atoms with Crippen molar-refractivity contribution >= 4 is 23.1 Å². The maximum absolute atomic E-state index is 11.8. The molecule has 2 aromatic heterocycles. The average Bonchev–Trinajstić information content (AvgIpc) is 2.75. The van der Waals surface area contributed by atoms with Gasteiger partial charge >= 0.3 is 0 Å². The van der Waals surface area contributed by atoms with Crippen molar-refractivity contribution in [2.75, 3.05) is 12.3 Å². The van der Waals surface area contributed by atoms with E-state index < -0.39 is 0 Å². The molecule has 1 amide bonds. The Hall–Kier alpha value is -1.95. The minimum atomic E-state index is -0.200. The molecule has 0 aliphatic rings. The van der Waals surface area contributed by atoms with Crippen LogP contribution in [0.3, 0.4) is 0 Å². The molecule has 0 aromatic carbocycles. The molecule has 0 fully saturated rings. The summed E-state index contributed by atoms with van der Waals surface area (Å²) in [6.07, 6.45) is 2.29. The third-order valence-electron chi connectivity index (χ3n) is 2.37. The van der Waals surface area contributed by atoms with Gasteiger partial charge in [0.2, 0.25) is 0 Å². The summed E-state index contributed by atoms with van der Waals surface area (Å²) in [4.78, 5) is 20.0. The molecule has 0 aliphatic carbocycles. The zero-order chi connectivity index (χ0) is 13.0. The zero-order valence-corrected chi connectivity index (χ0v) is 10.8. The first-order valence-corrected chi connectivity index (χ1v) is 6.44. The van der Waals surface area contributed by atoms with E-state index in [-0.39, 0.29) is 11.7 Å². The number of anilines is 1. The van der Waals surface area contributed by atoms with E-state index in [1.807, 2.05) is 12.3 Å². The van der Waals surface area contributed by atoms with Crippen molar-refractivity contribution in [1.29, 1.82) is 0 Å². The fraction of sp³-hybridized carbons (Fsp3) is 0.250. The van der Waals surface area contributed by atoms with E-state index in [0.717, 1.165) is 17.1 Å². The highest BCUT2D eigenvalue weighted by molar-refractivity contribution is 7.09. The molecule has 5 nitrogen and oxygen atoms in total. The smallest absolute Gasteiger partial charge is 0.255 e. The maximum atomic E-state index is 11.8. The Bertz CT molecular complexity index is 553. The molecule has 0 atom stereocenters. The number of nitrogens with two attached hydrogens (primary N) is 1. The number of aryl methyl sites for hydroxylation is 1. The van der Waals surface area contributed by atoms with E-state index in [2.05, 4.69) is 15.3 Å². The second kappa shape index (κ2) is 5.59. The van der Waals surface area contributed by atoms with Gasteiger partial charge in [-0.3, -0.25) is 4.79 Å². The monoisotopic (exact) mass is 262 g/mol. The number of pyridine rings is 1. The number of thiazole rings is 1. The van der Waals surface area contributed by atoms with Crippen LogP contribution in [0.15, 0.2) is 23.7 Å². The molecule has 2 aromatic rings. The molecule has 0 spiro atoms. The first-order valence-electron chi connectivity index (χ1n) is 5.56. The Labute approximate surface area is 109 Å². The summed E-state index contributed by atoms with van der Waals surface area (Å²) in [5.74, 6) is 0.0500. The van der Waals surface area contributed by atoms with Crippen LogP contribution in [0.5, 0.6) is 0 Å². The molecule has 18 heavy (non-hydrogen) atoms. The summed E-state index contributed by atoms with van der Waals surface area (Å²) in [6, 6.07) is 3.35. The number of aromatic nitrogens is 2. The minimum absolute atomic E-state index is 0.200. The van der Waals surface area contributed by atoms with Crippen molar-refractivity contribution in [3.63, 3.8) is 0 Å². The highest BCUT2D eigenvalue weighted by atomic mass is 32.1. The van der Waals surface area contributed by atoms with Crippen LogP contribution in [0.25, 0.3) is 0 Å². The third-order valence-corrected chi connectivity index (χ3v) is 3.40. The molecule has 6 heteroatoms.